The third-order valence-electron chi connectivity index (χ3n) is 4.78. The maximum atomic E-state index is 11.9. The second kappa shape index (κ2) is 7.97. The molecule has 0 unspecified atom stereocenters. The van der Waals surface area contributed by atoms with E-state index in [-0.39, 0.29) is 5.54 Å². The van der Waals surface area contributed by atoms with Gasteiger partial charge in [0.2, 0.25) is 0 Å². The van der Waals surface area contributed by atoms with E-state index in [1.165, 1.54) is 5.56 Å². The van der Waals surface area contributed by atoms with Gasteiger partial charge < -0.3 is 29.8 Å². The van der Waals surface area contributed by atoms with Crippen LogP contribution in [-0.2, 0) is 22.4 Å². The van der Waals surface area contributed by atoms with Gasteiger partial charge in [-0.3, -0.25) is 0 Å². The molecule has 2 aromatic rings. The molecule has 1 saturated heterocycles. The van der Waals surface area contributed by atoms with E-state index in [0.29, 0.717) is 19.8 Å². The number of nitrogens with one attached hydrogen (secondary N) is 3. The van der Waals surface area contributed by atoms with E-state index in [1.807, 2.05) is 38.4 Å². The molecule has 154 valence electrons. The van der Waals surface area contributed by atoms with E-state index in [4.69, 9.17) is 14.5 Å². The van der Waals surface area contributed by atoms with Crippen LogP contribution in [0.5, 0.6) is 0 Å². The first-order valence-corrected chi connectivity index (χ1v) is 9.71. The van der Waals surface area contributed by atoms with Gasteiger partial charge in [-0.25, -0.2) is 9.78 Å². The summed E-state index contributed by atoms with van der Waals surface area (Å²) in [4.78, 5) is 16.6. The minimum atomic E-state index is -0.523. The maximum Gasteiger partial charge on any atom is 0.407 e. The molecule has 8 nitrogen and oxygen atoms in total. The zero-order valence-electron chi connectivity index (χ0n) is 17.4. The fourth-order valence-corrected chi connectivity index (χ4v) is 3.04. The number of carbonyl (C=O) groups excluding carboxylic acids is 1. The minimum absolute atomic E-state index is 0.0348. The van der Waals surface area contributed by atoms with Crippen LogP contribution in [0.1, 0.15) is 39.0 Å². The Bertz CT molecular complexity index is 831. The van der Waals surface area contributed by atoms with Gasteiger partial charge in [0.25, 0.3) is 0 Å². The van der Waals surface area contributed by atoms with Crippen LogP contribution in [0.4, 0.5) is 10.5 Å². The zero-order valence-corrected chi connectivity index (χ0v) is 17.4. The summed E-state index contributed by atoms with van der Waals surface area (Å²) in [6, 6.07) is 2.14. The number of aryl methyl sites for hydroxylation is 1. The molecule has 0 radical (unpaired) electrons. The Morgan fingerprint density at radius 3 is 2.68 bits per heavy atom. The fourth-order valence-electron chi connectivity index (χ4n) is 3.04. The number of rotatable bonds is 7. The topological polar surface area (TPSA) is 88.9 Å². The average Bonchev–Trinajstić information content (AvgIpc) is 3.00. The molecule has 0 aliphatic carbocycles. The number of carbonyl (C=O) groups is 1. The van der Waals surface area contributed by atoms with Gasteiger partial charge in [0.15, 0.2) is 5.65 Å². The maximum absolute atomic E-state index is 11.9. The Balaban J connectivity index is 1.75. The Morgan fingerprint density at radius 1 is 1.36 bits per heavy atom. The minimum Gasteiger partial charge on any atom is -0.444 e. The number of amides is 1. The number of ether oxygens (including phenoxy) is 2. The van der Waals surface area contributed by atoms with Crippen LogP contribution in [0, 0.1) is 0 Å². The smallest absolute Gasteiger partial charge is 0.407 e. The van der Waals surface area contributed by atoms with E-state index in [1.54, 1.807) is 0 Å². The predicted octanol–water partition coefficient (Wildman–Crippen LogP) is 2.32. The lowest BCUT2D eigenvalue weighted by Crippen LogP contribution is -2.63. The van der Waals surface area contributed by atoms with Crippen LogP contribution >= 0.6 is 0 Å². The van der Waals surface area contributed by atoms with Crippen LogP contribution in [0.15, 0.2) is 18.5 Å². The molecule has 0 aromatic carbocycles. The predicted molar refractivity (Wildman–Crippen MR) is 109 cm³/mol. The molecule has 1 amide bonds. The van der Waals surface area contributed by atoms with E-state index in [2.05, 4.69) is 35.1 Å². The second-order valence-corrected chi connectivity index (χ2v) is 8.31. The Hall–Kier alpha value is -2.32. The number of aromatic nitrogens is 2. The van der Waals surface area contributed by atoms with E-state index in [9.17, 15) is 4.79 Å². The number of anilines is 1. The Kier molecular flexibility index (Phi) is 5.81. The monoisotopic (exact) mass is 389 g/mol. The van der Waals surface area contributed by atoms with Crippen LogP contribution < -0.4 is 16.0 Å². The molecule has 0 saturated carbocycles. The average molecular weight is 390 g/mol. The summed E-state index contributed by atoms with van der Waals surface area (Å²) in [6.07, 6.45) is 4.49. The third kappa shape index (κ3) is 4.74. The number of hydrogen-bond acceptors (Lipinski definition) is 6. The van der Waals surface area contributed by atoms with Crippen LogP contribution in [0.3, 0.4) is 0 Å². The van der Waals surface area contributed by atoms with Crippen molar-refractivity contribution < 1.29 is 14.3 Å². The largest absolute Gasteiger partial charge is 0.444 e. The Morgan fingerprint density at radius 2 is 2.11 bits per heavy atom. The summed E-state index contributed by atoms with van der Waals surface area (Å²) in [5, 5.41) is 9.63. The van der Waals surface area contributed by atoms with Crippen molar-refractivity contribution >= 4 is 17.4 Å². The molecular weight excluding hydrogens is 358 g/mol. The van der Waals surface area contributed by atoms with Crippen molar-refractivity contribution in [1.29, 1.82) is 0 Å². The molecule has 2 aromatic heterocycles. The SMILES string of the molecule is CCc1cc(NCC2(NC)COC2)c2nc(CNC(=O)OC(C)(C)C)cn2c1. The third-order valence-corrected chi connectivity index (χ3v) is 4.78. The van der Waals surface area contributed by atoms with E-state index >= 15 is 0 Å². The number of pyridine rings is 1. The normalized spacial score (nSPS) is 15.9. The molecule has 0 spiro atoms. The summed E-state index contributed by atoms with van der Waals surface area (Å²) < 4.78 is 12.7. The number of hydrogen-bond donors (Lipinski definition) is 3. The molecule has 3 heterocycles. The van der Waals surface area contributed by atoms with Gasteiger partial charge in [-0.2, -0.15) is 0 Å². The van der Waals surface area contributed by atoms with Crippen molar-refractivity contribution in [3.63, 3.8) is 0 Å². The highest BCUT2D eigenvalue weighted by Crippen LogP contribution is 2.23. The number of likely N-dealkylation sites (N-methyl/N-ethyl adjacent to an activating group) is 1. The number of alkyl carbamates (subject to hydrolysis) is 1. The summed E-state index contributed by atoms with van der Waals surface area (Å²) in [5.41, 5.74) is 3.24. The van der Waals surface area contributed by atoms with Crippen molar-refractivity contribution in [3.05, 3.63) is 29.7 Å². The molecule has 1 aliphatic rings. The molecule has 8 heteroatoms. The van der Waals surface area contributed by atoms with Crippen LogP contribution in [0.2, 0.25) is 0 Å². The first kappa shape index (κ1) is 20.4. The fraction of sp³-hybridized carbons (Fsp3) is 0.600. The quantitative estimate of drug-likeness (QED) is 0.674. The van der Waals surface area contributed by atoms with Gasteiger partial charge in [-0.15, -0.1) is 0 Å². The van der Waals surface area contributed by atoms with Gasteiger partial charge in [0.1, 0.15) is 5.60 Å². The summed E-state index contributed by atoms with van der Waals surface area (Å²) in [5.74, 6) is 0. The second-order valence-electron chi connectivity index (χ2n) is 8.31. The highest BCUT2D eigenvalue weighted by molar-refractivity contribution is 5.70. The van der Waals surface area contributed by atoms with Gasteiger partial charge in [-0.05, 0) is 45.9 Å². The summed E-state index contributed by atoms with van der Waals surface area (Å²) >= 11 is 0. The molecule has 28 heavy (non-hydrogen) atoms. The number of imidazole rings is 1. The van der Waals surface area contributed by atoms with Crippen LogP contribution in [-0.4, -0.2) is 53.4 Å². The highest BCUT2D eigenvalue weighted by atomic mass is 16.6. The van der Waals surface area contributed by atoms with Crippen molar-refractivity contribution in [2.45, 2.75) is 51.8 Å². The van der Waals surface area contributed by atoms with Gasteiger partial charge in [0.05, 0.1) is 36.7 Å². The Labute approximate surface area is 166 Å². The standard InChI is InChI=1S/C20H31N5O3/c1-6-14-7-16(23-11-20(21-5)12-27-13-20)17-24-15(10-25(17)9-14)8-22-18(26)28-19(2,3)4/h7,9-10,21,23H,6,8,11-13H2,1-5H3,(H,22,26). The van der Waals surface area contributed by atoms with Gasteiger partial charge >= 0.3 is 6.09 Å². The molecular formula is C20H31N5O3. The molecule has 0 atom stereocenters. The first-order chi connectivity index (χ1) is 13.2. The highest BCUT2D eigenvalue weighted by Gasteiger charge is 2.36. The van der Waals surface area contributed by atoms with Gasteiger partial charge in [0, 0.05) is 18.9 Å². The lowest BCUT2D eigenvalue weighted by molar-refractivity contribution is -0.0631. The number of fused-ring (bicyclic) bond motifs is 1. The van der Waals surface area contributed by atoms with E-state index in [0.717, 1.165) is 30.0 Å². The van der Waals surface area contributed by atoms with E-state index < -0.39 is 11.7 Å². The zero-order chi connectivity index (χ0) is 20.4. The van der Waals surface area contributed by atoms with Crippen molar-refractivity contribution in [3.8, 4) is 0 Å². The number of nitrogens with zero attached hydrogens (tertiary/aromatic N) is 2. The molecule has 1 aliphatic heterocycles. The first-order valence-electron chi connectivity index (χ1n) is 9.71. The molecule has 3 N–H and O–H groups in total. The van der Waals surface area contributed by atoms with Crippen LogP contribution in [0.25, 0.3) is 5.65 Å². The summed E-state index contributed by atoms with van der Waals surface area (Å²) in [6.45, 7) is 10.1. The molecule has 1 fully saturated rings. The summed E-state index contributed by atoms with van der Waals surface area (Å²) in [7, 11) is 1.96. The molecule has 0 bridgehead atoms. The van der Waals surface area contributed by atoms with Crippen molar-refractivity contribution in [2.75, 3.05) is 32.1 Å². The molecule has 3 rings (SSSR count). The van der Waals surface area contributed by atoms with Crippen molar-refractivity contribution in [1.82, 2.24) is 20.0 Å². The lowest BCUT2D eigenvalue weighted by Gasteiger charge is -2.41. The van der Waals surface area contributed by atoms with Crippen molar-refractivity contribution in [2.24, 2.45) is 0 Å². The lowest BCUT2D eigenvalue weighted by atomic mass is 9.98. The van der Waals surface area contributed by atoms with Gasteiger partial charge in [-0.1, -0.05) is 6.92 Å².